The third-order valence-electron chi connectivity index (χ3n) is 2.76. The smallest absolute Gasteiger partial charge is 0.0777 e. The van der Waals surface area contributed by atoms with Crippen molar-refractivity contribution in [1.29, 1.82) is 0 Å². The maximum atomic E-state index is 4.24. The number of aromatic nitrogens is 3. The van der Waals surface area contributed by atoms with Crippen molar-refractivity contribution >= 4 is 16.5 Å². The molecule has 4 nitrogen and oxygen atoms in total. The standard InChI is InChI=1S/C14H12N4/c1-2-11-8-15-5-4-13(11)14(3-1)18-10-12-9-16-6-7-17-12/h1-9,18H,10H2. The van der Waals surface area contributed by atoms with Gasteiger partial charge >= 0.3 is 0 Å². The summed E-state index contributed by atoms with van der Waals surface area (Å²) >= 11 is 0. The van der Waals surface area contributed by atoms with E-state index in [-0.39, 0.29) is 0 Å². The van der Waals surface area contributed by atoms with Gasteiger partial charge in [-0.2, -0.15) is 0 Å². The van der Waals surface area contributed by atoms with Crippen LogP contribution in [0.25, 0.3) is 10.8 Å². The zero-order valence-corrected chi connectivity index (χ0v) is 9.74. The van der Waals surface area contributed by atoms with Crippen LogP contribution < -0.4 is 5.32 Å². The molecule has 0 aliphatic carbocycles. The number of hydrogen-bond donors (Lipinski definition) is 1. The van der Waals surface area contributed by atoms with Crippen LogP contribution in [-0.4, -0.2) is 15.0 Å². The lowest BCUT2D eigenvalue weighted by atomic mass is 10.1. The Kier molecular flexibility index (Phi) is 2.84. The van der Waals surface area contributed by atoms with Crippen molar-refractivity contribution in [3.8, 4) is 0 Å². The number of anilines is 1. The van der Waals surface area contributed by atoms with E-state index in [4.69, 9.17) is 0 Å². The van der Waals surface area contributed by atoms with E-state index in [1.807, 2.05) is 18.3 Å². The van der Waals surface area contributed by atoms with Gasteiger partial charge in [-0.05, 0) is 12.1 Å². The first kappa shape index (κ1) is 10.7. The SMILES string of the molecule is c1cc(NCc2cnccn2)c2ccncc2c1. The zero-order chi connectivity index (χ0) is 12.2. The first-order valence-corrected chi connectivity index (χ1v) is 5.75. The van der Waals surface area contributed by atoms with E-state index < -0.39 is 0 Å². The van der Waals surface area contributed by atoms with Crippen molar-refractivity contribution < 1.29 is 0 Å². The van der Waals surface area contributed by atoms with Gasteiger partial charge in [-0.25, -0.2) is 0 Å². The van der Waals surface area contributed by atoms with E-state index >= 15 is 0 Å². The highest BCUT2D eigenvalue weighted by atomic mass is 14.9. The van der Waals surface area contributed by atoms with Gasteiger partial charge in [-0.15, -0.1) is 0 Å². The fraction of sp³-hybridized carbons (Fsp3) is 0.0714. The summed E-state index contributed by atoms with van der Waals surface area (Å²) in [5, 5.41) is 5.66. The summed E-state index contributed by atoms with van der Waals surface area (Å²) in [6.45, 7) is 0.662. The fourth-order valence-electron chi connectivity index (χ4n) is 1.88. The highest BCUT2D eigenvalue weighted by Gasteiger charge is 2.00. The molecule has 0 radical (unpaired) electrons. The molecule has 0 saturated carbocycles. The van der Waals surface area contributed by atoms with Crippen molar-refractivity contribution in [2.45, 2.75) is 6.54 Å². The molecule has 0 aliphatic heterocycles. The van der Waals surface area contributed by atoms with Crippen molar-refractivity contribution in [2.24, 2.45) is 0 Å². The van der Waals surface area contributed by atoms with E-state index in [1.165, 1.54) is 0 Å². The third kappa shape index (κ3) is 2.13. The summed E-state index contributed by atoms with van der Waals surface area (Å²) in [6.07, 6.45) is 8.80. The van der Waals surface area contributed by atoms with E-state index in [0.717, 1.165) is 22.2 Å². The van der Waals surface area contributed by atoms with Gasteiger partial charge in [0.2, 0.25) is 0 Å². The minimum atomic E-state index is 0.662. The number of nitrogens with zero attached hydrogens (tertiary/aromatic N) is 3. The second-order valence-electron chi connectivity index (χ2n) is 3.95. The quantitative estimate of drug-likeness (QED) is 0.759. The van der Waals surface area contributed by atoms with Crippen molar-refractivity contribution in [3.63, 3.8) is 0 Å². The largest absolute Gasteiger partial charge is 0.379 e. The molecule has 2 heterocycles. The summed E-state index contributed by atoms with van der Waals surface area (Å²) < 4.78 is 0. The Bertz CT molecular complexity index is 647. The molecule has 2 aromatic heterocycles. The molecular formula is C14H12N4. The topological polar surface area (TPSA) is 50.7 Å². The van der Waals surface area contributed by atoms with Gasteiger partial charge in [-0.1, -0.05) is 12.1 Å². The minimum Gasteiger partial charge on any atom is -0.379 e. The monoisotopic (exact) mass is 236 g/mol. The average Bonchev–Trinajstić information content (AvgIpc) is 2.46. The lowest BCUT2D eigenvalue weighted by Crippen LogP contribution is -2.02. The number of benzene rings is 1. The number of hydrogen-bond acceptors (Lipinski definition) is 4. The normalized spacial score (nSPS) is 10.4. The molecule has 4 heteroatoms. The Morgan fingerprint density at radius 2 is 1.89 bits per heavy atom. The molecular weight excluding hydrogens is 224 g/mol. The molecule has 1 N–H and O–H groups in total. The Labute approximate surface area is 105 Å². The molecule has 0 fully saturated rings. The molecule has 1 aromatic carbocycles. The molecule has 0 aliphatic rings. The van der Waals surface area contributed by atoms with Crippen LogP contribution >= 0.6 is 0 Å². The molecule has 0 unspecified atom stereocenters. The van der Waals surface area contributed by atoms with Crippen LogP contribution in [0.2, 0.25) is 0 Å². The predicted octanol–water partition coefficient (Wildman–Crippen LogP) is 2.64. The fourth-order valence-corrected chi connectivity index (χ4v) is 1.88. The van der Waals surface area contributed by atoms with Crippen LogP contribution in [0, 0.1) is 0 Å². The van der Waals surface area contributed by atoms with Gasteiger partial charge < -0.3 is 5.32 Å². The number of fused-ring (bicyclic) bond motifs is 1. The van der Waals surface area contributed by atoms with Gasteiger partial charge in [-0.3, -0.25) is 15.0 Å². The zero-order valence-electron chi connectivity index (χ0n) is 9.74. The lowest BCUT2D eigenvalue weighted by molar-refractivity contribution is 1.01. The summed E-state index contributed by atoms with van der Waals surface area (Å²) in [5.74, 6) is 0. The highest BCUT2D eigenvalue weighted by Crippen LogP contribution is 2.22. The van der Waals surface area contributed by atoms with Crippen LogP contribution in [0.5, 0.6) is 0 Å². The third-order valence-corrected chi connectivity index (χ3v) is 2.76. The van der Waals surface area contributed by atoms with E-state index in [1.54, 1.807) is 24.8 Å². The molecule has 88 valence electrons. The highest BCUT2D eigenvalue weighted by molar-refractivity contribution is 5.93. The maximum Gasteiger partial charge on any atom is 0.0777 e. The molecule has 0 atom stereocenters. The van der Waals surface area contributed by atoms with Crippen LogP contribution in [0.15, 0.2) is 55.2 Å². The minimum absolute atomic E-state index is 0.662. The first-order chi connectivity index (χ1) is 8.93. The summed E-state index contributed by atoms with van der Waals surface area (Å²) in [5.41, 5.74) is 2.00. The predicted molar refractivity (Wildman–Crippen MR) is 71.1 cm³/mol. The van der Waals surface area contributed by atoms with Gasteiger partial charge in [0, 0.05) is 41.2 Å². The number of rotatable bonds is 3. The van der Waals surface area contributed by atoms with E-state index in [0.29, 0.717) is 6.54 Å². The van der Waals surface area contributed by atoms with Crippen LogP contribution in [-0.2, 0) is 6.54 Å². The van der Waals surface area contributed by atoms with Crippen molar-refractivity contribution in [3.05, 3.63) is 60.9 Å². The Morgan fingerprint density at radius 1 is 0.944 bits per heavy atom. The number of nitrogens with one attached hydrogen (secondary N) is 1. The Hall–Kier alpha value is -2.49. The summed E-state index contributed by atoms with van der Waals surface area (Å²) in [4.78, 5) is 12.4. The maximum absolute atomic E-state index is 4.24. The van der Waals surface area contributed by atoms with Crippen LogP contribution in [0.3, 0.4) is 0 Å². The van der Waals surface area contributed by atoms with E-state index in [2.05, 4.69) is 32.4 Å². The van der Waals surface area contributed by atoms with Crippen LogP contribution in [0.1, 0.15) is 5.69 Å². The summed E-state index contributed by atoms with van der Waals surface area (Å²) in [6, 6.07) is 8.13. The second kappa shape index (κ2) is 4.79. The second-order valence-corrected chi connectivity index (χ2v) is 3.95. The van der Waals surface area contributed by atoms with E-state index in [9.17, 15) is 0 Å². The summed E-state index contributed by atoms with van der Waals surface area (Å²) in [7, 11) is 0. The first-order valence-electron chi connectivity index (χ1n) is 5.75. The molecule has 3 aromatic rings. The van der Waals surface area contributed by atoms with Crippen LogP contribution in [0.4, 0.5) is 5.69 Å². The molecule has 0 bridgehead atoms. The average molecular weight is 236 g/mol. The Morgan fingerprint density at radius 3 is 2.78 bits per heavy atom. The van der Waals surface area contributed by atoms with Gasteiger partial charge in [0.25, 0.3) is 0 Å². The van der Waals surface area contributed by atoms with Crippen molar-refractivity contribution in [2.75, 3.05) is 5.32 Å². The molecule has 18 heavy (non-hydrogen) atoms. The van der Waals surface area contributed by atoms with Gasteiger partial charge in [0.15, 0.2) is 0 Å². The molecule has 0 saturated heterocycles. The lowest BCUT2D eigenvalue weighted by Gasteiger charge is -2.08. The Balaban J connectivity index is 1.87. The molecule has 0 amide bonds. The molecule has 3 rings (SSSR count). The van der Waals surface area contributed by atoms with Gasteiger partial charge in [0.1, 0.15) is 0 Å². The van der Waals surface area contributed by atoms with Gasteiger partial charge in [0.05, 0.1) is 18.4 Å². The number of pyridine rings is 1. The van der Waals surface area contributed by atoms with Crippen molar-refractivity contribution in [1.82, 2.24) is 15.0 Å². The molecule has 0 spiro atoms.